The molecule has 116 valence electrons. The Hall–Kier alpha value is -0.790. The van der Waals surface area contributed by atoms with Crippen LogP contribution in [-0.4, -0.2) is 33.3 Å². The minimum absolute atomic E-state index is 0.0121. The van der Waals surface area contributed by atoms with Crippen molar-refractivity contribution in [3.63, 3.8) is 0 Å². The highest BCUT2D eigenvalue weighted by Gasteiger charge is 2.35. The van der Waals surface area contributed by atoms with E-state index in [-0.39, 0.29) is 30.3 Å². The molecule has 0 spiro atoms. The molecule has 1 aromatic rings. The molecule has 0 bridgehead atoms. The molecule has 21 heavy (non-hydrogen) atoms. The lowest BCUT2D eigenvalue weighted by Gasteiger charge is -2.24. The number of halogens is 1. The van der Waals surface area contributed by atoms with Crippen molar-refractivity contribution in [3.05, 3.63) is 22.2 Å². The summed E-state index contributed by atoms with van der Waals surface area (Å²) in [5.74, 6) is 2.06. The molecule has 0 radical (unpaired) electrons. The van der Waals surface area contributed by atoms with Gasteiger partial charge in [-0.05, 0) is 52.5 Å². The minimum atomic E-state index is -2.90. The maximum atomic E-state index is 11.8. The highest BCUT2D eigenvalue weighted by Crippen LogP contribution is 2.43. The first-order valence-electron chi connectivity index (χ1n) is 7.03. The molecule has 2 heterocycles. The first-order valence-corrected chi connectivity index (χ1v) is 9.64. The van der Waals surface area contributed by atoms with Crippen LogP contribution in [0, 0.1) is 5.92 Å². The van der Waals surface area contributed by atoms with Gasteiger partial charge in [0.1, 0.15) is 0 Å². The molecule has 1 aromatic carbocycles. The van der Waals surface area contributed by atoms with Gasteiger partial charge >= 0.3 is 0 Å². The zero-order valence-corrected chi connectivity index (χ0v) is 14.2. The van der Waals surface area contributed by atoms with Crippen molar-refractivity contribution in [2.75, 3.05) is 24.8 Å². The first-order chi connectivity index (χ1) is 10.00. The highest BCUT2D eigenvalue weighted by atomic mass is 79.9. The third-order valence-electron chi connectivity index (χ3n) is 3.97. The maximum Gasteiger partial charge on any atom is 0.231 e. The molecule has 0 aromatic heterocycles. The Kier molecular flexibility index (Phi) is 4.16. The van der Waals surface area contributed by atoms with Gasteiger partial charge in [0.05, 0.1) is 16.0 Å². The smallest absolute Gasteiger partial charge is 0.231 e. The number of benzene rings is 1. The van der Waals surface area contributed by atoms with E-state index in [1.165, 1.54) is 0 Å². The van der Waals surface area contributed by atoms with Crippen molar-refractivity contribution < 1.29 is 17.9 Å². The molecule has 5 nitrogen and oxygen atoms in total. The van der Waals surface area contributed by atoms with Gasteiger partial charge in [-0.15, -0.1) is 0 Å². The quantitative estimate of drug-likeness (QED) is 0.874. The van der Waals surface area contributed by atoms with Gasteiger partial charge in [-0.2, -0.15) is 0 Å². The van der Waals surface area contributed by atoms with Gasteiger partial charge in [0, 0.05) is 6.04 Å². The Bertz CT molecular complexity index is 647. The normalized spacial score (nSPS) is 24.2. The topological polar surface area (TPSA) is 64.6 Å². The first kappa shape index (κ1) is 15.1. The summed E-state index contributed by atoms with van der Waals surface area (Å²) in [5.41, 5.74) is 1.04. The standard InChI is InChI=1S/C14H18BrNO4S/c1-2-16-13(9-3-4-21(17,18)7-9)10-5-11(15)14-12(6-10)19-8-20-14/h5-6,9,13,16H,2-4,7-8H2,1H3. The Labute approximate surface area is 133 Å². The van der Waals surface area contributed by atoms with Crippen LogP contribution in [-0.2, 0) is 9.84 Å². The highest BCUT2D eigenvalue weighted by molar-refractivity contribution is 9.10. The third kappa shape index (κ3) is 3.05. The Morgan fingerprint density at radius 3 is 2.90 bits per heavy atom. The van der Waals surface area contributed by atoms with Crippen molar-refractivity contribution in [3.8, 4) is 11.5 Å². The second-order valence-corrected chi connectivity index (χ2v) is 8.52. The van der Waals surface area contributed by atoms with Gasteiger partial charge in [0.25, 0.3) is 0 Å². The average molecular weight is 376 g/mol. The van der Waals surface area contributed by atoms with Crippen LogP contribution in [0.5, 0.6) is 11.5 Å². The summed E-state index contributed by atoms with van der Waals surface area (Å²) in [5, 5.41) is 3.42. The van der Waals surface area contributed by atoms with Crippen LogP contribution in [0.3, 0.4) is 0 Å². The van der Waals surface area contributed by atoms with Crippen LogP contribution in [0.2, 0.25) is 0 Å². The van der Waals surface area contributed by atoms with E-state index in [0.29, 0.717) is 17.9 Å². The summed E-state index contributed by atoms with van der Waals surface area (Å²) < 4.78 is 35.2. The van der Waals surface area contributed by atoms with Crippen molar-refractivity contribution in [2.45, 2.75) is 19.4 Å². The molecule has 2 atom stereocenters. The fourth-order valence-electron chi connectivity index (χ4n) is 3.03. The number of hydrogen-bond acceptors (Lipinski definition) is 5. The van der Waals surface area contributed by atoms with Gasteiger partial charge in [-0.25, -0.2) is 8.42 Å². The maximum absolute atomic E-state index is 11.8. The van der Waals surface area contributed by atoms with Crippen molar-refractivity contribution >= 4 is 25.8 Å². The van der Waals surface area contributed by atoms with Crippen molar-refractivity contribution in [2.24, 2.45) is 5.92 Å². The van der Waals surface area contributed by atoms with Gasteiger partial charge in [0.2, 0.25) is 6.79 Å². The van der Waals surface area contributed by atoms with E-state index in [1.54, 1.807) is 0 Å². The van der Waals surface area contributed by atoms with E-state index in [9.17, 15) is 8.42 Å². The zero-order chi connectivity index (χ0) is 15.0. The molecular weight excluding hydrogens is 358 g/mol. The SMILES string of the molecule is CCNC(c1cc(Br)c2c(c1)OCO2)C1CCS(=O)(=O)C1. The van der Waals surface area contributed by atoms with E-state index >= 15 is 0 Å². The Morgan fingerprint density at radius 1 is 1.43 bits per heavy atom. The molecule has 7 heteroatoms. The van der Waals surface area contributed by atoms with Gasteiger partial charge in [-0.1, -0.05) is 6.92 Å². The van der Waals surface area contributed by atoms with Gasteiger partial charge in [0.15, 0.2) is 21.3 Å². The molecule has 2 unspecified atom stereocenters. The summed E-state index contributed by atoms with van der Waals surface area (Å²) in [6.45, 7) is 3.03. The molecule has 0 saturated carbocycles. The lowest BCUT2D eigenvalue weighted by molar-refractivity contribution is 0.173. The van der Waals surface area contributed by atoms with E-state index in [0.717, 1.165) is 16.6 Å². The zero-order valence-electron chi connectivity index (χ0n) is 11.8. The molecule has 1 N–H and O–H groups in total. The Morgan fingerprint density at radius 2 is 2.24 bits per heavy atom. The number of sulfone groups is 1. The summed E-state index contributed by atoms with van der Waals surface area (Å²) in [4.78, 5) is 0. The molecule has 2 aliphatic rings. The molecule has 3 rings (SSSR count). The number of nitrogens with one attached hydrogen (secondary N) is 1. The third-order valence-corrected chi connectivity index (χ3v) is 6.35. The fourth-order valence-corrected chi connectivity index (χ4v) is 5.44. The molecule has 1 fully saturated rings. The lowest BCUT2D eigenvalue weighted by Crippen LogP contribution is -2.29. The van der Waals surface area contributed by atoms with Crippen LogP contribution in [0.15, 0.2) is 16.6 Å². The number of rotatable bonds is 4. The lowest BCUT2D eigenvalue weighted by atomic mass is 9.92. The van der Waals surface area contributed by atoms with E-state index < -0.39 is 9.84 Å². The predicted octanol–water partition coefficient (Wildman–Crippen LogP) is 2.26. The van der Waals surface area contributed by atoms with E-state index in [4.69, 9.17) is 9.47 Å². The second kappa shape index (κ2) is 5.78. The summed E-state index contributed by atoms with van der Waals surface area (Å²) in [6, 6.07) is 3.95. The van der Waals surface area contributed by atoms with Gasteiger partial charge in [-0.3, -0.25) is 0 Å². The fraction of sp³-hybridized carbons (Fsp3) is 0.571. The molecule has 2 aliphatic heterocycles. The van der Waals surface area contributed by atoms with Crippen molar-refractivity contribution in [1.29, 1.82) is 0 Å². The largest absolute Gasteiger partial charge is 0.454 e. The van der Waals surface area contributed by atoms with Crippen LogP contribution in [0.25, 0.3) is 0 Å². The van der Waals surface area contributed by atoms with Crippen LogP contribution in [0.4, 0.5) is 0 Å². The Balaban J connectivity index is 1.93. The van der Waals surface area contributed by atoms with Crippen LogP contribution < -0.4 is 14.8 Å². The van der Waals surface area contributed by atoms with Crippen LogP contribution >= 0.6 is 15.9 Å². The van der Waals surface area contributed by atoms with Crippen LogP contribution in [0.1, 0.15) is 24.9 Å². The van der Waals surface area contributed by atoms with E-state index in [1.807, 2.05) is 19.1 Å². The van der Waals surface area contributed by atoms with Crippen molar-refractivity contribution in [1.82, 2.24) is 5.32 Å². The number of fused-ring (bicyclic) bond motifs is 1. The summed E-state index contributed by atoms with van der Waals surface area (Å²) in [7, 11) is -2.90. The molecule has 0 aliphatic carbocycles. The second-order valence-electron chi connectivity index (χ2n) is 5.43. The summed E-state index contributed by atoms with van der Waals surface area (Å²) in [6.07, 6.45) is 0.700. The molecular formula is C14H18BrNO4S. The number of hydrogen-bond donors (Lipinski definition) is 1. The monoisotopic (exact) mass is 375 g/mol. The average Bonchev–Trinajstić information content (AvgIpc) is 3.02. The molecule has 0 amide bonds. The minimum Gasteiger partial charge on any atom is -0.454 e. The summed E-state index contributed by atoms with van der Waals surface area (Å²) >= 11 is 3.50. The predicted molar refractivity (Wildman–Crippen MR) is 83.4 cm³/mol. The molecule has 1 saturated heterocycles. The van der Waals surface area contributed by atoms with E-state index in [2.05, 4.69) is 21.2 Å². The van der Waals surface area contributed by atoms with Gasteiger partial charge < -0.3 is 14.8 Å². The number of ether oxygens (including phenoxy) is 2.